The number of hydrogen-bond acceptors (Lipinski definition) is 4. The number of nitrogens with zero attached hydrogens (tertiary/aromatic N) is 3. The number of rotatable bonds is 7. The standard InChI is InChI=1S/C27H34FN5O/c1-5-24-25(22-16-30-32-17(22)2)19-9-7-6-8-10-20(19)26(31-24)21-12-11-18(15-23(21)28)27(34)29-13-14-33(3)4/h5,11-12,15-16,21,23H,1,6-10,13-14H2,2-4H3,(H,29,34)(H,30,32). The van der Waals surface area contributed by atoms with Crippen molar-refractivity contribution in [2.75, 3.05) is 27.2 Å². The minimum Gasteiger partial charge on any atom is -0.351 e. The zero-order chi connectivity index (χ0) is 24.2. The van der Waals surface area contributed by atoms with Crippen molar-refractivity contribution >= 4 is 12.0 Å². The Labute approximate surface area is 201 Å². The lowest BCUT2D eigenvalue weighted by Crippen LogP contribution is -2.33. The van der Waals surface area contributed by atoms with Gasteiger partial charge in [0.05, 0.1) is 23.5 Å². The van der Waals surface area contributed by atoms with Crippen LogP contribution in [0.2, 0.25) is 0 Å². The summed E-state index contributed by atoms with van der Waals surface area (Å²) in [5.41, 5.74) is 7.34. The first kappa shape index (κ1) is 24.1. The van der Waals surface area contributed by atoms with E-state index in [4.69, 9.17) is 4.98 Å². The Kier molecular flexibility index (Phi) is 7.41. The number of allylic oxidation sites excluding steroid dienone is 2. The highest BCUT2D eigenvalue weighted by atomic mass is 19.1. The van der Waals surface area contributed by atoms with E-state index in [0.29, 0.717) is 12.1 Å². The smallest absolute Gasteiger partial charge is 0.251 e. The van der Waals surface area contributed by atoms with Crippen LogP contribution < -0.4 is 5.32 Å². The molecule has 6 nitrogen and oxygen atoms in total. The summed E-state index contributed by atoms with van der Waals surface area (Å²) in [7, 11) is 3.89. The van der Waals surface area contributed by atoms with Gasteiger partial charge in [-0.25, -0.2) is 4.39 Å². The van der Waals surface area contributed by atoms with Crippen LogP contribution >= 0.6 is 0 Å². The van der Waals surface area contributed by atoms with Crippen molar-refractivity contribution in [2.24, 2.45) is 0 Å². The quantitative estimate of drug-likeness (QED) is 0.601. The molecule has 2 atom stereocenters. The highest BCUT2D eigenvalue weighted by molar-refractivity contribution is 5.96. The maximum atomic E-state index is 15.5. The van der Waals surface area contributed by atoms with E-state index >= 15 is 4.39 Å². The lowest BCUT2D eigenvalue weighted by Gasteiger charge is -2.26. The molecule has 2 N–H and O–H groups in total. The molecule has 0 spiro atoms. The molecule has 180 valence electrons. The number of alkyl halides is 1. The third kappa shape index (κ3) is 4.89. The number of likely N-dealkylation sites (N-methyl/N-ethyl adjacent to an activating group) is 1. The molecule has 0 fully saturated rings. The van der Waals surface area contributed by atoms with E-state index in [1.807, 2.05) is 32.1 Å². The van der Waals surface area contributed by atoms with Gasteiger partial charge in [0.25, 0.3) is 5.91 Å². The summed E-state index contributed by atoms with van der Waals surface area (Å²) >= 11 is 0. The third-order valence-electron chi connectivity index (χ3n) is 6.71. The Morgan fingerprint density at radius 2 is 2.06 bits per heavy atom. The number of aryl methyl sites for hydroxylation is 1. The molecule has 0 aliphatic heterocycles. The molecule has 0 radical (unpaired) electrons. The van der Waals surface area contributed by atoms with E-state index in [9.17, 15) is 4.79 Å². The number of carbonyl (C=O) groups is 1. The molecule has 2 aliphatic carbocycles. The van der Waals surface area contributed by atoms with Gasteiger partial charge >= 0.3 is 0 Å². The topological polar surface area (TPSA) is 73.9 Å². The zero-order valence-corrected chi connectivity index (χ0v) is 20.3. The van der Waals surface area contributed by atoms with Crippen molar-refractivity contribution in [3.8, 4) is 11.1 Å². The first-order chi connectivity index (χ1) is 16.4. The third-order valence-corrected chi connectivity index (χ3v) is 6.71. The minimum absolute atomic E-state index is 0.247. The summed E-state index contributed by atoms with van der Waals surface area (Å²) in [6.07, 6.45) is 12.3. The molecule has 0 saturated heterocycles. The Morgan fingerprint density at radius 1 is 1.29 bits per heavy atom. The monoisotopic (exact) mass is 463 g/mol. The van der Waals surface area contributed by atoms with Gasteiger partial charge in [-0.1, -0.05) is 25.2 Å². The van der Waals surface area contributed by atoms with E-state index in [2.05, 4.69) is 22.1 Å². The number of carbonyl (C=O) groups excluding carboxylic acids is 1. The molecular formula is C27H34FN5O. The van der Waals surface area contributed by atoms with Crippen molar-refractivity contribution in [2.45, 2.75) is 51.1 Å². The zero-order valence-electron chi connectivity index (χ0n) is 20.3. The normalized spacial score (nSPS) is 20.0. The predicted molar refractivity (Wildman–Crippen MR) is 134 cm³/mol. The number of fused-ring (bicyclic) bond motifs is 1. The molecule has 34 heavy (non-hydrogen) atoms. The molecule has 0 bridgehead atoms. The van der Waals surface area contributed by atoms with Crippen molar-refractivity contribution in [1.82, 2.24) is 25.4 Å². The van der Waals surface area contributed by atoms with Gasteiger partial charge in [0.15, 0.2) is 0 Å². The summed E-state index contributed by atoms with van der Waals surface area (Å²) < 4.78 is 15.5. The Balaban J connectivity index is 1.70. The second-order valence-electron chi connectivity index (χ2n) is 9.40. The molecular weight excluding hydrogens is 429 g/mol. The molecule has 1 amide bonds. The molecule has 2 aliphatic rings. The number of aromatic nitrogens is 3. The number of aromatic amines is 1. The number of amides is 1. The van der Waals surface area contributed by atoms with Crippen LogP contribution in [-0.2, 0) is 17.6 Å². The fraction of sp³-hybridized carbons (Fsp3) is 0.444. The van der Waals surface area contributed by atoms with Gasteiger partial charge in [-0.3, -0.25) is 14.9 Å². The van der Waals surface area contributed by atoms with E-state index in [1.54, 1.807) is 18.2 Å². The molecule has 2 aromatic rings. The lowest BCUT2D eigenvalue weighted by molar-refractivity contribution is -0.117. The van der Waals surface area contributed by atoms with Gasteiger partial charge in [0.2, 0.25) is 0 Å². The van der Waals surface area contributed by atoms with E-state index in [-0.39, 0.29) is 5.91 Å². The van der Waals surface area contributed by atoms with E-state index in [1.165, 1.54) is 11.6 Å². The first-order valence-corrected chi connectivity index (χ1v) is 12.1. The summed E-state index contributed by atoms with van der Waals surface area (Å²) in [5, 5.41) is 10.1. The first-order valence-electron chi connectivity index (χ1n) is 12.1. The molecule has 7 heteroatoms. The number of halogens is 1. The lowest BCUT2D eigenvalue weighted by atomic mass is 9.83. The highest BCUT2D eigenvalue weighted by Crippen LogP contribution is 2.40. The van der Waals surface area contributed by atoms with Crippen molar-refractivity contribution in [3.05, 3.63) is 64.8 Å². The van der Waals surface area contributed by atoms with Crippen LogP contribution in [-0.4, -0.2) is 59.3 Å². The summed E-state index contributed by atoms with van der Waals surface area (Å²) in [4.78, 5) is 19.5. The average Bonchev–Trinajstić information content (AvgIpc) is 3.08. The second kappa shape index (κ2) is 10.5. The van der Waals surface area contributed by atoms with Gasteiger partial charge in [-0.15, -0.1) is 0 Å². The van der Waals surface area contributed by atoms with Crippen molar-refractivity contribution < 1.29 is 9.18 Å². The van der Waals surface area contributed by atoms with Gasteiger partial charge in [-0.2, -0.15) is 5.10 Å². The Morgan fingerprint density at radius 3 is 2.71 bits per heavy atom. The fourth-order valence-electron chi connectivity index (χ4n) is 4.91. The highest BCUT2D eigenvalue weighted by Gasteiger charge is 2.31. The van der Waals surface area contributed by atoms with Gasteiger partial charge in [0, 0.05) is 35.5 Å². The van der Waals surface area contributed by atoms with Crippen LogP contribution in [0.1, 0.15) is 53.4 Å². The SMILES string of the molecule is C=Cc1nc(C2C=CC(C(=O)NCCN(C)C)=CC2F)c2c(c1-c1cn[nH]c1C)CCCCC2. The predicted octanol–water partition coefficient (Wildman–Crippen LogP) is 4.29. The van der Waals surface area contributed by atoms with Crippen LogP contribution in [0.25, 0.3) is 17.2 Å². The molecule has 0 aromatic carbocycles. The van der Waals surface area contributed by atoms with Crippen LogP contribution in [0.5, 0.6) is 0 Å². The molecule has 2 heterocycles. The molecule has 2 unspecified atom stereocenters. The number of pyridine rings is 1. The van der Waals surface area contributed by atoms with Gasteiger partial charge in [0.1, 0.15) is 6.17 Å². The van der Waals surface area contributed by atoms with Crippen LogP contribution in [0, 0.1) is 6.92 Å². The summed E-state index contributed by atoms with van der Waals surface area (Å²) in [6.45, 7) is 7.26. The summed E-state index contributed by atoms with van der Waals surface area (Å²) in [5.74, 6) is -0.771. The van der Waals surface area contributed by atoms with Crippen LogP contribution in [0.3, 0.4) is 0 Å². The van der Waals surface area contributed by atoms with E-state index < -0.39 is 12.1 Å². The Hall–Kier alpha value is -3.06. The second-order valence-corrected chi connectivity index (χ2v) is 9.40. The average molecular weight is 464 g/mol. The summed E-state index contributed by atoms with van der Waals surface area (Å²) in [6, 6.07) is 0. The molecule has 2 aromatic heterocycles. The maximum absolute atomic E-state index is 15.5. The number of hydrogen-bond donors (Lipinski definition) is 2. The fourth-order valence-corrected chi connectivity index (χ4v) is 4.91. The Bertz CT molecular complexity index is 1130. The van der Waals surface area contributed by atoms with Crippen LogP contribution in [0.15, 0.2) is 36.6 Å². The number of H-pyrrole nitrogens is 1. The van der Waals surface area contributed by atoms with Gasteiger partial charge < -0.3 is 10.2 Å². The minimum atomic E-state index is -1.32. The largest absolute Gasteiger partial charge is 0.351 e. The molecule has 4 rings (SSSR count). The number of nitrogens with one attached hydrogen (secondary N) is 2. The maximum Gasteiger partial charge on any atom is 0.251 e. The van der Waals surface area contributed by atoms with E-state index in [0.717, 1.165) is 72.4 Å². The van der Waals surface area contributed by atoms with Crippen molar-refractivity contribution in [3.63, 3.8) is 0 Å². The molecule has 0 saturated carbocycles. The van der Waals surface area contributed by atoms with Crippen LogP contribution in [0.4, 0.5) is 4.39 Å². The van der Waals surface area contributed by atoms with Gasteiger partial charge in [-0.05, 0) is 70.0 Å². The van der Waals surface area contributed by atoms with Crippen molar-refractivity contribution in [1.29, 1.82) is 0 Å².